The minimum absolute atomic E-state index is 0.0188. The van der Waals surface area contributed by atoms with Gasteiger partial charge in [-0.1, -0.05) is 48.5 Å². The van der Waals surface area contributed by atoms with Crippen LogP contribution < -0.4 is 11.1 Å². The number of ether oxygens (including phenoxy) is 1. The first-order valence-corrected chi connectivity index (χ1v) is 9.57. The number of carbonyl (C=O) groups is 1. The molecule has 30 heavy (non-hydrogen) atoms. The third-order valence-electron chi connectivity index (χ3n) is 5.67. The molecule has 2 aliphatic rings. The number of nitrogens with two attached hydrogens (primary N) is 1. The van der Waals surface area contributed by atoms with Gasteiger partial charge in [-0.05, 0) is 39.9 Å². The van der Waals surface area contributed by atoms with E-state index in [1.807, 2.05) is 48.5 Å². The van der Waals surface area contributed by atoms with Gasteiger partial charge < -0.3 is 15.8 Å². The second-order valence-electron chi connectivity index (χ2n) is 7.46. The molecule has 146 valence electrons. The Balaban J connectivity index is 1.34. The summed E-state index contributed by atoms with van der Waals surface area (Å²) in [5.74, 6) is -0.142. The largest absolute Gasteiger partial charge is 0.384 e. The fourth-order valence-electron chi connectivity index (χ4n) is 4.13. The van der Waals surface area contributed by atoms with Gasteiger partial charge in [-0.2, -0.15) is 0 Å². The summed E-state index contributed by atoms with van der Waals surface area (Å²) in [5, 5.41) is 10.4. The van der Waals surface area contributed by atoms with Gasteiger partial charge in [0, 0.05) is 17.7 Å². The van der Waals surface area contributed by atoms with Crippen LogP contribution in [0.5, 0.6) is 0 Å². The molecule has 0 fully saturated rings. The maximum atomic E-state index is 12.7. The molecule has 0 aliphatic carbocycles. The molecule has 5 rings (SSSR count). The van der Waals surface area contributed by atoms with Gasteiger partial charge in [0.1, 0.15) is 18.0 Å². The van der Waals surface area contributed by atoms with Gasteiger partial charge in [0.15, 0.2) is 5.69 Å². The van der Waals surface area contributed by atoms with E-state index < -0.39 is 0 Å². The lowest BCUT2D eigenvalue weighted by atomic mass is 9.85. The minimum Gasteiger partial charge on any atom is -0.384 e. The van der Waals surface area contributed by atoms with Crippen LogP contribution in [-0.4, -0.2) is 11.7 Å². The Kier molecular flexibility index (Phi) is 4.12. The number of nitrogens with zero attached hydrogens (tertiary/aromatic N) is 1. The zero-order chi connectivity index (χ0) is 20.8. The summed E-state index contributed by atoms with van der Waals surface area (Å²) in [4.78, 5) is 16.2. The lowest BCUT2D eigenvalue weighted by molar-refractivity contribution is 0.0857. The van der Waals surface area contributed by atoms with Crippen LogP contribution in [0.3, 0.4) is 0 Å². The Bertz CT molecular complexity index is 1240. The minimum atomic E-state index is -0.228. The molecule has 0 saturated heterocycles. The maximum absolute atomic E-state index is 12.7. The van der Waals surface area contributed by atoms with E-state index in [1.165, 1.54) is 0 Å². The average molecular weight is 394 g/mol. The monoisotopic (exact) mass is 394 g/mol. The Morgan fingerprint density at radius 1 is 0.967 bits per heavy atom. The van der Waals surface area contributed by atoms with Crippen LogP contribution in [0.1, 0.15) is 55.9 Å². The molecule has 1 amide bonds. The fraction of sp³-hybridized carbons (Fsp3) is 0.125. The summed E-state index contributed by atoms with van der Waals surface area (Å²) in [6.45, 7) is 7.62. The standard InChI is InChI=1S/C24H18N4O2/c1-27-16-7-9-18-20(11-16)22-19-10-15(6-8-17(19)21(18)30-22)24(29)28-12-13-2-4-14(5-3-13)23(25)26/h2-11,21-22H,12H2,(H3,25,26)(H,28,29)/t21-,22+/m1/s1. The molecular formula is C24H18N4O2. The molecule has 2 atom stereocenters. The third kappa shape index (κ3) is 2.84. The van der Waals surface area contributed by atoms with Crippen molar-refractivity contribution in [3.63, 3.8) is 0 Å². The quantitative estimate of drug-likeness (QED) is 0.355. The third-order valence-corrected chi connectivity index (χ3v) is 5.67. The van der Waals surface area contributed by atoms with E-state index in [0.29, 0.717) is 23.4 Å². The summed E-state index contributed by atoms with van der Waals surface area (Å²) < 4.78 is 6.15. The first-order valence-electron chi connectivity index (χ1n) is 9.57. The van der Waals surface area contributed by atoms with Crippen molar-refractivity contribution in [1.29, 1.82) is 5.41 Å². The number of nitrogen functional groups attached to an aromatic ring is 1. The average Bonchev–Trinajstić information content (AvgIpc) is 3.34. The van der Waals surface area contributed by atoms with Crippen LogP contribution in [0.2, 0.25) is 0 Å². The van der Waals surface area contributed by atoms with Crippen molar-refractivity contribution in [3.05, 3.63) is 111 Å². The number of amides is 1. The number of carbonyl (C=O) groups excluding carboxylic acids is 1. The van der Waals surface area contributed by atoms with Crippen molar-refractivity contribution < 1.29 is 9.53 Å². The van der Waals surface area contributed by atoms with Crippen molar-refractivity contribution >= 4 is 17.4 Å². The molecule has 0 radical (unpaired) electrons. The Hall–Kier alpha value is -3.95. The highest BCUT2D eigenvalue weighted by atomic mass is 16.5. The first-order chi connectivity index (χ1) is 14.5. The zero-order valence-corrected chi connectivity index (χ0v) is 16.0. The van der Waals surface area contributed by atoms with Gasteiger partial charge in [0.25, 0.3) is 5.91 Å². The highest BCUT2D eigenvalue weighted by Gasteiger charge is 2.42. The smallest absolute Gasteiger partial charge is 0.251 e. The fourth-order valence-corrected chi connectivity index (χ4v) is 4.13. The highest BCUT2D eigenvalue weighted by Crippen LogP contribution is 2.54. The first kappa shape index (κ1) is 18.1. The molecule has 0 aromatic heterocycles. The lowest BCUT2D eigenvalue weighted by Gasteiger charge is -2.17. The number of nitrogens with one attached hydrogen (secondary N) is 2. The van der Waals surface area contributed by atoms with Gasteiger partial charge in [0.2, 0.25) is 0 Å². The normalized spacial score (nSPS) is 17.7. The van der Waals surface area contributed by atoms with E-state index in [1.54, 1.807) is 12.1 Å². The van der Waals surface area contributed by atoms with E-state index in [2.05, 4.69) is 10.2 Å². The topological polar surface area (TPSA) is 92.6 Å². The lowest BCUT2D eigenvalue weighted by Crippen LogP contribution is -2.23. The molecule has 3 aromatic rings. The molecule has 0 saturated carbocycles. The van der Waals surface area contributed by atoms with Crippen LogP contribution in [0.15, 0.2) is 60.7 Å². The van der Waals surface area contributed by atoms with Crippen molar-refractivity contribution in [2.45, 2.75) is 18.8 Å². The number of fused-ring (bicyclic) bond motifs is 8. The van der Waals surface area contributed by atoms with E-state index in [4.69, 9.17) is 22.5 Å². The van der Waals surface area contributed by atoms with Gasteiger partial charge in [-0.3, -0.25) is 10.2 Å². The summed E-state index contributed by atoms with van der Waals surface area (Å²) >= 11 is 0. The molecule has 0 spiro atoms. The molecular weight excluding hydrogens is 376 g/mol. The number of rotatable bonds is 4. The summed E-state index contributed by atoms with van der Waals surface area (Å²) in [5.41, 5.74) is 12.4. The second-order valence-corrected chi connectivity index (χ2v) is 7.46. The van der Waals surface area contributed by atoms with Crippen LogP contribution in [0.4, 0.5) is 5.69 Å². The molecule has 2 aliphatic heterocycles. The predicted octanol–water partition coefficient (Wildman–Crippen LogP) is 3.97. The Morgan fingerprint density at radius 3 is 2.30 bits per heavy atom. The van der Waals surface area contributed by atoms with Gasteiger partial charge in [-0.15, -0.1) is 0 Å². The number of hydrogen-bond donors (Lipinski definition) is 3. The molecule has 4 N–H and O–H groups in total. The van der Waals surface area contributed by atoms with Crippen molar-refractivity contribution in [2.24, 2.45) is 5.73 Å². The van der Waals surface area contributed by atoms with E-state index >= 15 is 0 Å². The summed E-state index contributed by atoms with van der Waals surface area (Å²) in [7, 11) is 0. The van der Waals surface area contributed by atoms with Gasteiger partial charge >= 0.3 is 0 Å². The summed E-state index contributed by atoms with van der Waals surface area (Å²) in [6.07, 6.45) is -0.356. The van der Waals surface area contributed by atoms with Crippen LogP contribution >= 0.6 is 0 Å². The van der Waals surface area contributed by atoms with E-state index in [9.17, 15) is 4.79 Å². The summed E-state index contributed by atoms with van der Waals surface area (Å²) in [6, 6.07) is 18.6. The predicted molar refractivity (Wildman–Crippen MR) is 113 cm³/mol. The number of amidine groups is 1. The molecule has 0 unspecified atom stereocenters. The van der Waals surface area contributed by atoms with Crippen LogP contribution in [0, 0.1) is 12.0 Å². The maximum Gasteiger partial charge on any atom is 0.251 e. The number of hydrogen-bond acceptors (Lipinski definition) is 3. The Morgan fingerprint density at radius 2 is 1.60 bits per heavy atom. The van der Waals surface area contributed by atoms with E-state index in [0.717, 1.165) is 27.8 Å². The van der Waals surface area contributed by atoms with Crippen LogP contribution in [0.25, 0.3) is 4.85 Å². The van der Waals surface area contributed by atoms with Crippen molar-refractivity contribution in [3.8, 4) is 0 Å². The van der Waals surface area contributed by atoms with Crippen molar-refractivity contribution in [1.82, 2.24) is 5.32 Å². The Labute approximate surface area is 173 Å². The van der Waals surface area contributed by atoms with Crippen LogP contribution in [-0.2, 0) is 11.3 Å². The SMILES string of the molecule is [C-]#[N+]c1ccc2c(c1)[C@H]1O[C@@H]2c2ccc(C(=O)NCc3ccc(C(=N)N)cc3)cc21. The van der Waals surface area contributed by atoms with Crippen molar-refractivity contribution in [2.75, 3.05) is 0 Å². The second kappa shape index (κ2) is 6.83. The number of benzene rings is 3. The molecule has 3 aromatic carbocycles. The molecule has 6 heteroatoms. The van der Waals surface area contributed by atoms with Gasteiger partial charge in [0.05, 0.1) is 6.57 Å². The van der Waals surface area contributed by atoms with E-state index in [-0.39, 0.29) is 24.0 Å². The highest BCUT2D eigenvalue weighted by molar-refractivity contribution is 5.95. The molecule has 6 nitrogen and oxygen atoms in total. The molecule has 2 heterocycles. The zero-order valence-electron chi connectivity index (χ0n) is 16.0. The molecule has 2 bridgehead atoms. The van der Waals surface area contributed by atoms with Gasteiger partial charge in [-0.25, -0.2) is 4.85 Å².